The first-order chi connectivity index (χ1) is 11.2. The van der Waals surface area contributed by atoms with Gasteiger partial charge in [-0.3, -0.25) is 0 Å². The van der Waals surface area contributed by atoms with Crippen molar-refractivity contribution in [1.29, 1.82) is 0 Å². The maximum atomic E-state index is 12.4. The van der Waals surface area contributed by atoms with E-state index in [1.807, 2.05) is 0 Å². The second-order valence-electron chi connectivity index (χ2n) is 6.05. The lowest BCUT2D eigenvalue weighted by Crippen LogP contribution is -2.26. The molecule has 1 rings (SSSR count). The van der Waals surface area contributed by atoms with Crippen LogP contribution in [-0.2, 0) is 28.8 Å². The van der Waals surface area contributed by atoms with Crippen molar-refractivity contribution in [3.63, 3.8) is 0 Å². The van der Waals surface area contributed by atoms with Gasteiger partial charge in [-0.25, -0.2) is 13.2 Å². The van der Waals surface area contributed by atoms with Crippen molar-refractivity contribution in [2.24, 2.45) is 0 Å². The van der Waals surface area contributed by atoms with E-state index in [2.05, 4.69) is 0 Å². The van der Waals surface area contributed by atoms with Crippen LogP contribution in [0.2, 0.25) is 0 Å². The zero-order chi connectivity index (χ0) is 18.2. The highest BCUT2D eigenvalue weighted by molar-refractivity contribution is 7.94. The lowest BCUT2D eigenvalue weighted by Gasteiger charge is -2.20. The Labute approximate surface area is 143 Å². The van der Waals surface area contributed by atoms with E-state index in [4.69, 9.17) is 14.2 Å². The molecule has 0 radical (unpaired) electrons. The molecule has 0 atom stereocenters. The van der Waals surface area contributed by atoms with Crippen molar-refractivity contribution in [3.05, 3.63) is 41.3 Å². The van der Waals surface area contributed by atoms with Crippen molar-refractivity contribution in [2.45, 2.75) is 31.3 Å². The molecule has 0 aliphatic carbocycles. The third-order valence-electron chi connectivity index (χ3n) is 2.72. The van der Waals surface area contributed by atoms with Gasteiger partial charge in [0.05, 0.1) is 30.3 Å². The van der Waals surface area contributed by atoms with Gasteiger partial charge < -0.3 is 14.2 Å². The Morgan fingerprint density at radius 3 is 2.29 bits per heavy atom. The summed E-state index contributed by atoms with van der Waals surface area (Å²) in [6, 6.07) is 7.87. The summed E-state index contributed by atoms with van der Waals surface area (Å²) in [4.78, 5) is 12.4. The van der Waals surface area contributed by atoms with E-state index in [-0.39, 0.29) is 23.7 Å². The van der Waals surface area contributed by atoms with Crippen LogP contribution in [-0.4, -0.2) is 46.9 Å². The fourth-order valence-electron chi connectivity index (χ4n) is 1.67. The monoisotopic (exact) mass is 356 g/mol. The first kappa shape index (κ1) is 20.3. The summed E-state index contributed by atoms with van der Waals surface area (Å²) in [6.45, 7) is 5.53. The van der Waals surface area contributed by atoms with Crippen molar-refractivity contribution < 1.29 is 27.4 Å². The van der Waals surface area contributed by atoms with E-state index in [0.29, 0.717) is 6.61 Å². The third-order valence-corrected chi connectivity index (χ3v) is 4.24. The number of hydrogen-bond donors (Lipinski definition) is 0. The first-order valence-corrected chi connectivity index (χ1v) is 9.01. The zero-order valence-electron chi connectivity index (χ0n) is 14.4. The Bertz CT molecular complexity index is 656. The van der Waals surface area contributed by atoms with Crippen LogP contribution in [0.25, 0.3) is 0 Å². The van der Waals surface area contributed by atoms with E-state index in [1.165, 1.54) is 19.2 Å². The van der Waals surface area contributed by atoms with Gasteiger partial charge in [-0.2, -0.15) is 0 Å². The zero-order valence-corrected chi connectivity index (χ0v) is 15.3. The Morgan fingerprint density at radius 2 is 1.75 bits per heavy atom. The number of rotatable bonds is 8. The predicted octanol–water partition coefficient (Wildman–Crippen LogP) is 2.35. The van der Waals surface area contributed by atoms with Gasteiger partial charge in [-0.15, -0.1) is 0 Å². The van der Waals surface area contributed by atoms with Gasteiger partial charge in [0.25, 0.3) is 0 Å². The highest BCUT2D eigenvalue weighted by atomic mass is 32.2. The van der Waals surface area contributed by atoms with E-state index in [9.17, 15) is 13.2 Å². The average Bonchev–Trinajstić information content (AvgIpc) is 2.49. The summed E-state index contributed by atoms with van der Waals surface area (Å²) >= 11 is 0. The third kappa shape index (κ3) is 7.25. The SMILES string of the molecule is COCCOCC(=CS(=O)(=O)c1ccccc1)C(=O)OC(C)(C)C. The van der Waals surface area contributed by atoms with Crippen LogP contribution in [0, 0.1) is 0 Å². The van der Waals surface area contributed by atoms with Gasteiger partial charge in [0.1, 0.15) is 5.60 Å². The number of ether oxygens (including phenoxy) is 3. The van der Waals surface area contributed by atoms with Crippen LogP contribution in [0.3, 0.4) is 0 Å². The van der Waals surface area contributed by atoms with Crippen LogP contribution in [0.5, 0.6) is 0 Å². The maximum Gasteiger partial charge on any atom is 0.337 e. The molecule has 0 N–H and O–H groups in total. The smallest absolute Gasteiger partial charge is 0.337 e. The van der Waals surface area contributed by atoms with Crippen molar-refractivity contribution in [1.82, 2.24) is 0 Å². The van der Waals surface area contributed by atoms with Gasteiger partial charge in [0.15, 0.2) is 9.84 Å². The second kappa shape index (κ2) is 8.96. The minimum absolute atomic E-state index is 0.0649. The quantitative estimate of drug-likeness (QED) is 0.404. The lowest BCUT2D eigenvalue weighted by molar-refractivity contribution is -0.150. The van der Waals surface area contributed by atoms with Crippen molar-refractivity contribution >= 4 is 15.8 Å². The Hall–Kier alpha value is -1.70. The molecule has 0 amide bonds. The normalized spacial score (nSPS) is 12.9. The van der Waals surface area contributed by atoms with Crippen molar-refractivity contribution in [3.8, 4) is 0 Å². The molecule has 7 heteroatoms. The van der Waals surface area contributed by atoms with Crippen LogP contribution < -0.4 is 0 Å². The summed E-state index contributed by atoms with van der Waals surface area (Å²) in [7, 11) is -2.26. The maximum absolute atomic E-state index is 12.4. The molecule has 0 aromatic heterocycles. The second-order valence-corrected chi connectivity index (χ2v) is 7.85. The Kier molecular flexibility index (Phi) is 7.59. The van der Waals surface area contributed by atoms with E-state index >= 15 is 0 Å². The number of carbonyl (C=O) groups excluding carboxylic acids is 1. The Balaban J connectivity index is 3.04. The van der Waals surface area contributed by atoms with Gasteiger partial charge >= 0.3 is 5.97 Å². The summed E-state index contributed by atoms with van der Waals surface area (Å²) in [5.41, 5.74) is -0.802. The molecule has 0 bridgehead atoms. The minimum atomic E-state index is -3.78. The molecule has 0 unspecified atom stereocenters. The fourth-order valence-corrected chi connectivity index (χ4v) is 2.89. The molecule has 0 heterocycles. The Morgan fingerprint density at radius 1 is 1.12 bits per heavy atom. The molecule has 6 nitrogen and oxygen atoms in total. The van der Waals surface area contributed by atoms with Gasteiger partial charge in [0.2, 0.25) is 0 Å². The number of methoxy groups -OCH3 is 1. The van der Waals surface area contributed by atoms with Gasteiger partial charge in [0, 0.05) is 12.5 Å². The van der Waals surface area contributed by atoms with Crippen LogP contribution in [0.4, 0.5) is 0 Å². The molecular formula is C17H24O6S. The molecule has 134 valence electrons. The molecule has 0 aliphatic rings. The summed E-state index contributed by atoms with van der Waals surface area (Å²) in [5.74, 6) is -0.723. The molecule has 0 fully saturated rings. The van der Waals surface area contributed by atoms with Crippen LogP contribution in [0.1, 0.15) is 20.8 Å². The molecule has 0 spiro atoms. The number of benzene rings is 1. The van der Waals surface area contributed by atoms with E-state index in [0.717, 1.165) is 5.41 Å². The van der Waals surface area contributed by atoms with Gasteiger partial charge in [-0.05, 0) is 32.9 Å². The number of sulfone groups is 1. The highest BCUT2D eigenvalue weighted by Crippen LogP contribution is 2.17. The molecule has 0 saturated carbocycles. The molecule has 0 aliphatic heterocycles. The topological polar surface area (TPSA) is 78.9 Å². The number of hydrogen-bond acceptors (Lipinski definition) is 6. The minimum Gasteiger partial charge on any atom is -0.457 e. The number of esters is 1. The summed E-state index contributed by atoms with van der Waals surface area (Å²) in [6.07, 6.45) is 0. The van der Waals surface area contributed by atoms with Crippen molar-refractivity contribution in [2.75, 3.05) is 26.9 Å². The van der Waals surface area contributed by atoms with E-state index < -0.39 is 21.4 Å². The fraction of sp³-hybridized carbons (Fsp3) is 0.471. The largest absolute Gasteiger partial charge is 0.457 e. The van der Waals surface area contributed by atoms with E-state index in [1.54, 1.807) is 39.0 Å². The number of carbonyl (C=O) groups is 1. The van der Waals surface area contributed by atoms with Crippen LogP contribution >= 0.6 is 0 Å². The summed E-state index contributed by atoms with van der Waals surface area (Å²) in [5, 5.41) is 0.906. The molecule has 24 heavy (non-hydrogen) atoms. The molecule has 1 aromatic carbocycles. The predicted molar refractivity (Wildman–Crippen MR) is 90.3 cm³/mol. The van der Waals surface area contributed by atoms with Gasteiger partial charge in [-0.1, -0.05) is 18.2 Å². The first-order valence-electron chi connectivity index (χ1n) is 7.46. The molecule has 0 saturated heterocycles. The lowest BCUT2D eigenvalue weighted by atomic mass is 10.2. The van der Waals surface area contributed by atoms with Crippen LogP contribution in [0.15, 0.2) is 46.2 Å². The standard InChI is InChI=1S/C17H24O6S/c1-17(2,3)23-16(18)14(12-22-11-10-21-4)13-24(19,20)15-8-6-5-7-9-15/h5-9,13H,10-12H2,1-4H3. The molecular weight excluding hydrogens is 332 g/mol. The average molecular weight is 356 g/mol. The molecule has 1 aromatic rings. The highest BCUT2D eigenvalue weighted by Gasteiger charge is 2.23. The summed E-state index contributed by atoms with van der Waals surface area (Å²) < 4.78 is 40.3.